The minimum Gasteiger partial charge on any atom is -0.376 e. The number of anilines is 2. The Morgan fingerprint density at radius 3 is 2.86 bits per heavy atom. The van der Waals surface area contributed by atoms with Crippen LogP contribution in [0.5, 0.6) is 0 Å². The molecule has 0 bridgehead atoms. The van der Waals surface area contributed by atoms with Gasteiger partial charge in [0.1, 0.15) is 0 Å². The third-order valence-electron chi connectivity index (χ3n) is 5.06. The Morgan fingerprint density at radius 1 is 1.28 bits per heavy atom. The first-order chi connectivity index (χ1) is 14.2. The van der Waals surface area contributed by atoms with Crippen LogP contribution in [0.25, 0.3) is 0 Å². The Hall–Kier alpha value is -1.55. The molecule has 1 N–H and O–H groups in total. The zero-order valence-electron chi connectivity index (χ0n) is 16.1. The number of nitrogens with zero attached hydrogens (tertiary/aromatic N) is 4. The molecule has 2 fully saturated rings. The van der Waals surface area contributed by atoms with E-state index < -0.39 is 0 Å². The van der Waals surface area contributed by atoms with Crippen molar-refractivity contribution in [1.29, 1.82) is 0 Å². The van der Waals surface area contributed by atoms with Gasteiger partial charge < -0.3 is 19.9 Å². The highest BCUT2D eigenvalue weighted by atomic mass is 35.5. The summed E-state index contributed by atoms with van der Waals surface area (Å²) in [5.74, 6) is 0.518. The number of carbonyl (C=O) groups excluding carboxylic acids is 1. The van der Waals surface area contributed by atoms with E-state index in [-0.39, 0.29) is 12.0 Å². The minimum absolute atomic E-state index is 0.137. The van der Waals surface area contributed by atoms with Crippen molar-refractivity contribution in [3.63, 3.8) is 0 Å². The molecule has 0 spiro atoms. The lowest BCUT2D eigenvalue weighted by molar-refractivity contribution is -0.128. The Balaban J connectivity index is 1.20. The molecule has 0 aliphatic carbocycles. The number of hydrogen-bond acceptors (Lipinski definition) is 8. The summed E-state index contributed by atoms with van der Waals surface area (Å²) < 4.78 is 6.41. The van der Waals surface area contributed by atoms with Crippen molar-refractivity contribution in [2.75, 3.05) is 55.3 Å². The van der Waals surface area contributed by atoms with Crippen LogP contribution in [0.2, 0.25) is 5.02 Å². The summed E-state index contributed by atoms with van der Waals surface area (Å²) in [7, 11) is 0. The van der Waals surface area contributed by atoms with Gasteiger partial charge in [-0.05, 0) is 25.0 Å². The number of carbonyl (C=O) groups is 1. The number of rotatable bonds is 7. The highest BCUT2D eigenvalue weighted by Crippen LogP contribution is 2.28. The van der Waals surface area contributed by atoms with Crippen LogP contribution in [-0.4, -0.2) is 72.2 Å². The fourth-order valence-corrected chi connectivity index (χ4v) is 5.38. The first-order valence-electron chi connectivity index (χ1n) is 9.78. The standard InChI is InChI=1S/C19H24ClN5O2S2/c20-15-5-1-2-6-16(15)24-7-9-25(10-8-24)17(26)13-28-19-23-22-18(29-19)21-12-14-4-3-11-27-14/h1-2,5-6,14H,3-4,7-13H2,(H,21,22). The van der Waals surface area contributed by atoms with E-state index in [1.165, 1.54) is 23.1 Å². The predicted molar refractivity (Wildman–Crippen MR) is 118 cm³/mol. The zero-order chi connectivity index (χ0) is 20.1. The number of hydrogen-bond donors (Lipinski definition) is 1. The van der Waals surface area contributed by atoms with Gasteiger partial charge in [-0.15, -0.1) is 10.2 Å². The van der Waals surface area contributed by atoms with Crippen molar-refractivity contribution in [2.45, 2.75) is 23.3 Å². The van der Waals surface area contributed by atoms with Gasteiger partial charge in [0, 0.05) is 39.3 Å². The van der Waals surface area contributed by atoms with Crippen molar-refractivity contribution < 1.29 is 9.53 Å². The number of amides is 1. The van der Waals surface area contributed by atoms with Gasteiger partial charge in [0.05, 0.1) is 22.6 Å². The van der Waals surface area contributed by atoms with Crippen LogP contribution in [0.4, 0.5) is 10.8 Å². The molecule has 2 aliphatic heterocycles. The zero-order valence-corrected chi connectivity index (χ0v) is 18.4. The normalized spacial score (nSPS) is 19.6. The Morgan fingerprint density at radius 2 is 2.10 bits per heavy atom. The van der Waals surface area contributed by atoms with Crippen molar-refractivity contribution in [1.82, 2.24) is 15.1 Å². The number of ether oxygens (including phenoxy) is 1. The largest absolute Gasteiger partial charge is 0.376 e. The molecular weight excluding hydrogens is 430 g/mol. The van der Waals surface area contributed by atoms with Crippen molar-refractivity contribution in [3.8, 4) is 0 Å². The van der Waals surface area contributed by atoms with E-state index in [1.807, 2.05) is 29.2 Å². The molecule has 3 heterocycles. The maximum Gasteiger partial charge on any atom is 0.233 e. The maximum atomic E-state index is 12.6. The van der Waals surface area contributed by atoms with Crippen LogP contribution in [-0.2, 0) is 9.53 Å². The molecule has 1 aromatic carbocycles. The van der Waals surface area contributed by atoms with Crippen LogP contribution in [0.15, 0.2) is 28.6 Å². The van der Waals surface area contributed by atoms with E-state index in [0.717, 1.165) is 59.3 Å². The van der Waals surface area contributed by atoms with E-state index >= 15 is 0 Å². The first kappa shape index (κ1) is 20.7. The van der Waals surface area contributed by atoms with Gasteiger partial charge in [0.2, 0.25) is 11.0 Å². The second-order valence-corrected chi connectivity index (χ2v) is 9.60. The lowest BCUT2D eigenvalue weighted by atomic mass is 10.2. The number of benzene rings is 1. The lowest BCUT2D eigenvalue weighted by Crippen LogP contribution is -2.49. The third-order valence-corrected chi connectivity index (χ3v) is 7.37. The predicted octanol–water partition coefficient (Wildman–Crippen LogP) is 3.22. The maximum absolute atomic E-state index is 12.6. The Labute approximate surface area is 183 Å². The smallest absolute Gasteiger partial charge is 0.233 e. The molecule has 10 heteroatoms. The van der Waals surface area contributed by atoms with Gasteiger partial charge in [-0.3, -0.25) is 4.79 Å². The van der Waals surface area contributed by atoms with Gasteiger partial charge >= 0.3 is 0 Å². The summed E-state index contributed by atoms with van der Waals surface area (Å²) in [5.41, 5.74) is 1.03. The summed E-state index contributed by atoms with van der Waals surface area (Å²) in [6, 6.07) is 7.84. The minimum atomic E-state index is 0.137. The molecule has 156 valence electrons. The molecule has 0 saturated carbocycles. The molecule has 1 atom stereocenters. The molecule has 1 amide bonds. The summed E-state index contributed by atoms with van der Waals surface area (Å²) >= 11 is 9.22. The average Bonchev–Trinajstić information content (AvgIpc) is 3.43. The SMILES string of the molecule is O=C(CSc1nnc(NCC2CCCO2)s1)N1CCN(c2ccccc2Cl)CC1. The van der Waals surface area contributed by atoms with Gasteiger partial charge in [0.15, 0.2) is 4.34 Å². The molecule has 29 heavy (non-hydrogen) atoms. The molecule has 1 aromatic heterocycles. The molecule has 7 nitrogen and oxygen atoms in total. The summed E-state index contributed by atoms with van der Waals surface area (Å²) in [6.45, 7) is 4.59. The average molecular weight is 454 g/mol. The number of piperazine rings is 1. The first-order valence-corrected chi connectivity index (χ1v) is 12.0. The molecule has 2 aromatic rings. The lowest BCUT2D eigenvalue weighted by Gasteiger charge is -2.36. The number of thioether (sulfide) groups is 1. The third kappa shape index (κ3) is 5.53. The summed E-state index contributed by atoms with van der Waals surface area (Å²) in [6.07, 6.45) is 2.48. The fraction of sp³-hybridized carbons (Fsp3) is 0.526. The van der Waals surface area contributed by atoms with Gasteiger partial charge in [-0.1, -0.05) is 46.8 Å². The van der Waals surface area contributed by atoms with E-state index in [4.69, 9.17) is 16.3 Å². The monoisotopic (exact) mass is 453 g/mol. The molecule has 2 aliphatic rings. The van der Waals surface area contributed by atoms with Crippen LogP contribution < -0.4 is 10.2 Å². The van der Waals surface area contributed by atoms with Crippen LogP contribution in [0.3, 0.4) is 0 Å². The van der Waals surface area contributed by atoms with E-state index in [1.54, 1.807) is 0 Å². The molecular formula is C19H24ClN5O2S2. The van der Waals surface area contributed by atoms with Crippen molar-refractivity contribution in [2.24, 2.45) is 0 Å². The molecule has 4 rings (SSSR count). The van der Waals surface area contributed by atoms with E-state index in [0.29, 0.717) is 18.8 Å². The van der Waals surface area contributed by atoms with Gasteiger partial charge in [-0.2, -0.15) is 0 Å². The molecule has 0 radical (unpaired) electrons. The summed E-state index contributed by atoms with van der Waals surface area (Å²) in [5, 5.41) is 13.1. The Bertz CT molecular complexity index is 822. The van der Waals surface area contributed by atoms with E-state index in [2.05, 4.69) is 20.4 Å². The molecule has 1 unspecified atom stereocenters. The van der Waals surface area contributed by atoms with Crippen LogP contribution >= 0.6 is 34.7 Å². The van der Waals surface area contributed by atoms with Crippen LogP contribution in [0.1, 0.15) is 12.8 Å². The quantitative estimate of drug-likeness (QED) is 0.645. The second kappa shape index (κ2) is 9.97. The van der Waals surface area contributed by atoms with Gasteiger partial charge in [-0.25, -0.2) is 0 Å². The van der Waals surface area contributed by atoms with Crippen molar-refractivity contribution in [3.05, 3.63) is 29.3 Å². The fourth-order valence-electron chi connectivity index (χ4n) is 3.47. The number of halogens is 1. The van der Waals surface area contributed by atoms with Crippen LogP contribution in [0, 0.1) is 0 Å². The number of para-hydroxylation sites is 1. The highest BCUT2D eigenvalue weighted by Gasteiger charge is 2.23. The summed E-state index contributed by atoms with van der Waals surface area (Å²) in [4.78, 5) is 16.7. The Kier molecular flexibility index (Phi) is 7.12. The number of nitrogens with one attached hydrogen (secondary N) is 1. The molecule has 2 saturated heterocycles. The highest BCUT2D eigenvalue weighted by molar-refractivity contribution is 8.01. The van der Waals surface area contributed by atoms with Gasteiger partial charge in [0.25, 0.3) is 0 Å². The van der Waals surface area contributed by atoms with Crippen molar-refractivity contribution >= 4 is 51.4 Å². The van der Waals surface area contributed by atoms with E-state index in [9.17, 15) is 4.79 Å². The topological polar surface area (TPSA) is 70.6 Å². The second-order valence-electron chi connectivity index (χ2n) is 7.00. The number of aromatic nitrogens is 2.